The highest BCUT2D eigenvalue weighted by atomic mass is 16.3. The Labute approximate surface area is 165 Å². The van der Waals surface area contributed by atoms with E-state index in [0.717, 1.165) is 12.3 Å². The molecule has 0 aromatic heterocycles. The summed E-state index contributed by atoms with van der Waals surface area (Å²) in [4.78, 5) is 2.44. The van der Waals surface area contributed by atoms with Crippen LogP contribution in [0.1, 0.15) is 122 Å². The Morgan fingerprint density at radius 1 is 0.808 bits per heavy atom. The van der Waals surface area contributed by atoms with Gasteiger partial charge in [0.1, 0.15) is 0 Å². The van der Waals surface area contributed by atoms with Gasteiger partial charge in [-0.1, -0.05) is 96.8 Å². The summed E-state index contributed by atoms with van der Waals surface area (Å²) in [5.41, 5.74) is 0.269. The van der Waals surface area contributed by atoms with Crippen LogP contribution >= 0.6 is 0 Å². The van der Waals surface area contributed by atoms with Crippen molar-refractivity contribution in [2.75, 3.05) is 20.7 Å². The van der Waals surface area contributed by atoms with Gasteiger partial charge in [0.25, 0.3) is 0 Å². The molecule has 2 unspecified atom stereocenters. The summed E-state index contributed by atoms with van der Waals surface area (Å²) in [7, 11) is 4.46. The van der Waals surface area contributed by atoms with Crippen LogP contribution in [0, 0.1) is 5.92 Å². The molecule has 1 rings (SSSR count). The van der Waals surface area contributed by atoms with Crippen LogP contribution in [0.4, 0.5) is 0 Å². The molecule has 26 heavy (non-hydrogen) atoms. The lowest BCUT2D eigenvalue weighted by molar-refractivity contribution is 0.00949. The van der Waals surface area contributed by atoms with Gasteiger partial charge in [-0.2, -0.15) is 0 Å². The minimum Gasteiger partial charge on any atom is -0.396 e. The first-order chi connectivity index (χ1) is 12.7. The second kappa shape index (κ2) is 14.9. The summed E-state index contributed by atoms with van der Waals surface area (Å²) in [5, 5.41) is 9.60. The molecule has 0 aromatic rings. The molecular weight excluding hydrogens is 318 g/mol. The molecule has 0 saturated heterocycles. The third-order valence-electron chi connectivity index (χ3n) is 7.01. The molecule has 0 bridgehead atoms. The number of aliphatic hydroxyl groups excluding tert-OH is 1. The first-order valence-corrected chi connectivity index (χ1v) is 12.0. The number of rotatable bonds is 16. The van der Waals surface area contributed by atoms with E-state index in [1.807, 2.05) is 0 Å². The zero-order chi connectivity index (χ0) is 19.1. The van der Waals surface area contributed by atoms with Crippen LogP contribution in [0.15, 0.2) is 0 Å². The quantitative estimate of drug-likeness (QED) is 0.298. The van der Waals surface area contributed by atoms with Crippen molar-refractivity contribution in [2.24, 2.45) is 5.92 Å². The minimum absolute atomic E-state index is 0.269. The fraction of sp³-hybridized carbons (Fsp3) is 1.00. The highest BCUT2D eigenvalue weighted by molar-refractivity contribution is 4.96. The summed E-state index contributed by atoms with van der Waals surface area (Å²) in [6.07, 6.45) is 24.9. The van der Waals surface area contributed by atoms with Gasteiger partial charge in [0.15, 0.2) is 0 Å². The molecule has 0 aromatic carbocycles. The second-order valence-corrected chi connectivity index (χ2v) is 9.09. The Morgan fingerprint density at radius 2 is 1.35 bits per heavy atom. The third kappa shape index (κ3) is 8.74. The largest absolute Gasteiger partial charge is 0.396 e. The Kier molecular flexibility index (Phi) is 13.7. The average molecular weight is 368 g/mol. The Morgan fingerprint density at radius 3 is 1.85 bits per heavy atom. The summed E-state index contributed by atoms with van der Waals surface area (Å²) in [6, 6.07) is 0. The van der Waals surface area contributed by atoms with Crippen LogP contribution in [0.3, 0.4) is 0 Å². The van der Waals surface area contributed by atoms with E-state index in [1.165, 1.54) is 109 Å². The zero-order valence-corrected chi connectivity index (χ0v) is 18.4. The van der Waals surface area contributed by atoms with Crippen molar-refractivity contribution < 1.29 is 5.11 Å². The first kappa shape index (κ1) is 24.0. The number of hydrogen-bond donors (Lipinski definition) is 1. The lowest BCUT2D eigenvalue weighted by Gasteiger charge is -2.49. The summed E-state index contributed by atoms with van der Waals surface area (Å²) >= 11 is 0. The predicted octanol–water partition coefficient (Wildman–Crippen LogP) is 6.95. The van der Waals surface area contributed by atoms with Crippen LogP contribution in [0.25, 0.3) is 0 Å². The number of unbranched alkanes of at least 4 members (excludes halogenated alkanes) is 11. The monoisotopic (exact) mass is 367 g/mol. The van der Waals surface area contributed by atoms with Crippen molar-refractivity contribution >= 4 is 0 Å². The number of aliphatic hydroxyl groups is 1. The van der Waals surface area contributed by atoms with Crippen molar-refractivity contribution in [3.8, 4) is 0 Å². The van der Waals surface area contributed by atoms with Gasteiger partial charge in [-0.05, 0) is 45.7 Å². The van der Waals surface area contributed by atoms with Crippen LogP contribution in [0.2, 0.25) is 0 Å². The molecule has 1 aliphatic carbocycles. The summed E-state index contributed by atoms with van der Waals surface area (Å²) in [5.74, 6) is 0.793. The topological polar surface area (TPSA) is 23.5 Å². The Bertz CT molecular complexity index is 313. The third-order valence-corrected chi connectivity index (χ3v) is 7.01. The maximum atomic E-state index is 9.60. The van der Waals surface area contributed by atoms with E-state index >= 15 is 0 Å². The van der Waals surface area contributed by atoms with Gasteiger partial charge in [0, 0.05) is 12.1 Å². The number of hydrogen-bond acceptors (Lipinski definition) is 2. The molecule has 0 aliphatic heterocycles. The smallest absolute Gasteiger partial charge is 0.0448 e. The van der Waals surface area contributed by atoms with Crippen molar-refractivity contribution in [1.82, 2.24) is 4.90 Å². The highest BCUT2D eigenvalue weighted by Gasteiger charge is 2.41. The van der Waals surface area contributed by atoms with Crippen molar-refractivity contribution in [2.45, 2.75) is 128 Å². The molecule has 2 atom stereocenters. The molecule has 1 saturated carbocycles. The van der Waals surface area contributed by atoms with Gasteiger partial charge in [-0.3, -0.25) is 0 Å². The van der Waals surface area contributed by atoms with Crippen LogP contribution in [-0.4, -0.2) is 36.2 Å². The van der Waals surface area contributed by atoms with Crippen LogP contribution < -0.4 is 0 Å². The molecule has 2 heteroatoms. The van der Waals surface area contributed by atoms with Crippen molar-refractivity contribution in [3.63, 3.8) is 0 Å². The molecule has 0 spiro atoms. The van der Waals surface area contributed by atoms with E-state index in [2.05, 4.69) is 25.9 Å². The van der Waals surface area contributed by atoms with Gasteiger partial charge in [0.2, 0.25) is 0 Å². The second-order valence-electron chi connectivity index (χ2n) is 9.09. The Hall–Kier alpha value is -0.0800. The molecular formula is C24H49NO. The van der Waals surface area contributed by atoms with Crippen LogP contribution in [0.5, 0.6) is 0 Å². The zero-order valence-electron chi connectivity index (χ0n) is 18.4. The van der Waals surface area contributed by atoms with E-state index in [-0.39, 0.29) is 5.54 Å². The summed E-state index contributed by atoms with van der Waals surface area (Å²) in [6.45, 7) is 2.63. The Balaban J connectivity index is 2.08. The molecule has 156 valence electrons. The molecule has 2 nitrogen and oxygen atoms in total. The molecule has 1 aliphatic rings. The predicted molar refractivity (Wildman–Crippen MR) is 116 cm³/mol. The lowest BCUT2D eigenvalue weighted by Crippen LogP contribution is -2.52. The van der Waals surface area contributed by atoms with E-state index in [9.17, 15) is 5.11 Å². The van der Waals surface area contributed by atoms with E-state index in [1.54, 1.807) is 0 Å². The molecule has 0 radical (unpaired) electrons. The normalized spacial score (nSPS) is 23.7. The average Bonchev–Trinajstić information content (AvgIpc) is 2.64. The van der Waals surface area contributed by atoms with Crippen molar-refractivity contribution in [1.29, 1.82) is 0 Å². The minimum atomic E-state index is 0.269. The van der Waals surface area contributed by atoms with Gasteiger partial charge in [0.05, 0.1) is 0 Å². The molecule has 1 fully saturated rings. The van der Waals surface area contributed by atoms with Crippen LogP contribution in [-0.2, 0) is 0 Å². The molecule has 0 amide bonds. The van der Waals surface area contributed by atoms with E-state index < -0.39 is 0 Å². The lowest BCUT2D eigenvalue weighted by atomic mass is 9.68. The summed E-state index contributed by atoms with van der Waals surface area (Å²) < 4.78 is 0. The first-order valence-electron chi connectivity index (χ1n) is 12.0. The molecule has 1 N–H and O–H groups in total. The fourth-order valence-electron chi connectivity index (χ4n) is 5.27. The van der Waals surface area contributed by atoms with Crippen molar-refractivity contribution in [3.05, 3.63) is 0 Å². The molecule has 0 heterocycles. The van der Waals surface area contributed by atoms with Gasteiger partial charge in [-0.25, -0.2) is 0 Å². The van der Waals surface area contributed by atoms with Gasteiger partial charge < -0.3 is 10.0 Å². The van der Waals surface area contributed by atoms with E-state index in [4.69, 9.17) is 0 Å². The highest BCUT2D eigenvalue weighted by Crippen LogP contribution is 2.42. The van der Waals surface area contributed by atoms with E-state index in [0.29, 0.717) is 6.61 Å². The van der Waals surface area contributed by atoms with Gasteiger partial charge >= 0.3 is 0 Å². The fourth-order valence-corrected chi connectivity index (χ4v) is 5.27. The maximum Gasteiger partial charge on any atom is 0.0448 e. The SMILES string of the molecule is CCCCCCCCCCCCCCC1CCCCC1(CCO)N(C)C. The number of nitrogens with zero attached hydrogens (tertiary/aromatic N) is 1. The maximum absolute atomic E-state index is 9.60. The standard InChI is InChI=1S/C24H49NO/c1-4-5-6-7-8-9-10-11-12-13-14-15-18-23-19-16-17-20-24(23,21-22-26)25(2)3/h23,26H,4-22H2,1-3H3. The van der Waals surface area contributed by atoms with Gasteiger partial charge in [-0.15, -0.1) is 0 Å².